The van der Waals surface area contributed by atoms with Crippen LogP contribution >= 0.6 is 11.3 Å². The molecule has 4 amide bonds. The molecule has 1 atom stereocenters. The van der Waals surface area contributed by atoms with Crippen molar-refractivity contribution in [1.29, 1.82) is 0 Å². The number of para-hydroxylation sites is 2. The molecule has 4 rings (SSSR count). The summed E-state index contributed by atoms with van der Waals surface area (Å²) >= 11 is 1.17. The summed E-state index contributed by atoms with van der Waals surface area (Å²) in [4.78, 5) is 56.7. The van der Waals surface area contributed by atoms with Crippen LogP contribution in [-0.2, 0) is 14.4 Å². The number of anilines is 1. The van der Waals surface area contributed by atoms with Crippen LogP contribution in [0.2, 0.25) is 0 Å². The third-order valence-corrected chi connectivity index (χ3v) is 6.10. The molecule has 0 saturated carbocycles. The number of hydrazone groups is 1. The van der Waals surface area contributed by atoms with E-state index in [1.165, 1.54) is 11.3 Å². The molecular weight excluding hydrogens is 432 g/mol. The van der Waals surface area contributed by atoms with Gasteiger partial charge in [-0.25, -0.2) is 25.9 Å². The van der Waals surface area contributed by atoms with Crippen LogP contribution in [0.25, 0.3) is 10.2 Å². The van der Waals surface area contributed by atoms with E-state index in [0.29, 0.717) is 22.3 Å². The molecule has 2 aromatic carbocycles. The molecule has 1 aliphatic heterocycles. The predicted octanol–water partition coefficient (Wildman–Crippen LogP) is 1.67. The Morgan fingerprint density at radius 3 is 2.41 bits per heavy atom. The van der Waals surface area contributed by atoms with E-state index in [2.05, 4.69) is 15.5 Å². The number of rotatable bonds is 3. The normalized spacial score (nSPS) is 17.8. The van der Waals surface area contributed by atoms with Gasteiger partial charge in [-0.05, 0) is 37.1 Å². The van der Waals surface area contributed by atoms with Crippen LogP contribution < -0.4 is 21.6 Å². The zero-order chi connectivity index (χ0) is 23.0. The zero-order valence-electron chi connectivity index (χ0n) is 17.1. The van der Waals surface area contributed by atoms with Gasteiger partial charge >= 0.3 is 11.9 Å². The first-order valence-electron chi connectivity index (χ1n) is 9.52. The number of hydrogen-bond acceptors (Lipinski definition) is 8. The summed E-state index contributed by atoms with van der Waals surface area (Å²) in [7, 11) is 0. The van der Waals surface area contributed by atoms with Gasteiger partial charge in [0.25, 0.3) is 5.91 Å². The second kappa shape index (κ2) is 8.29. The van der Waals surface area contributed by atoms with Crippen LogP contribution in [0.5, 0.6) is 0 Å². The van der Waals surface area contributed by atoms with E-state index in [4.69, 9.17) is 5.84 Å². The van der Waals surface area contributed by atoms with Crippen LogP contribution in [0.4, 0.5) is 10.5 Å². The number of aryl methyl sites for hydroxylation is 2. The number of carbonyl (C=O) groups excluding carboxylic acids is 4. The number of aromatic nitrogens is 1. The van der Waals surface area contributed by atoms with Gasteiger partial charge in [0.2, 0.25) is 5.78 Å². The van der Waals surface area contributed by atoms with Gasteiger partial charge < -0.3 is 0 Å². The summed E-state index contributed by atoms with van der Waals surface area (Å²) in [5.41, 5.74) is 5.75. The highest BCUT2D eigenvalue weighted by atomic mass is 32.1. The van der Waals surface area contributed by atoms with E-state index in [1.807, 2.05) is 17.6 Å². The van der Waals surface area contributed by atoms with E-state index >= 15 is 0 Å². The number of amides is 4. The van der Waals surface area contributed by atoms with E-state index in [0.717, 1.165) is 9.60 Å². The fourth-order valence-corrected chi connectivity index (χ4v) is 4.62. The van der Waals surface area contributed by atoms with Crippen molar-refractivity contribution in [1.82, 2.24) is 15.8 Å². The van der Waals surface area contributed by atoms with Crippen molar-refractivity contribution < 1.29 is 19.2 Å². The molecule has 1 aromatic heterocycles. The molecule has 3 aromatic rings. The van der Waals surface area contributed by atoms with Crippen molar-refractivity contribution in [3.05, 3.63) is 58.6 Å². The predicted molar refractivity (Wildman–Crippen MR) is 119 cm³/mol. The van der Waals surface area contributed by atoms with Gasteiger partial charge in [0.05, 0.1) is 15.9 Å². The van der Waals surface area contributed by atoms with Crippen molar-refractivity contribution in [2.75, 3.05) is 4.90 Å². The maximum atomic E-state index is 13.5. The largest absolute Gasteiger partial charge is 0.349 e. The monoisotopic (exact) mass is 450 g/mol. The highest BCUT2D eigenvalue weighted by Crippen LogP contribution is 2.35. The van der Waals surface area contributed by atoms with Gasteiger partial charge in [-0.2, -0.15) is 5.10 Å². The minimum Gasteiger partial charge on any atom is -0.287 e. The summed E-state index contributed by atoms with van der Waals surface area (Å²) in [5, 5.41) is 4.09. The molecular formula is C21H18N6O4S. The van der Waals surface area contributed by atoms with Gasteiger partial charge in [0.15, 0.2) is 0 Å². The number of nitrogens with two attached hydrogens (primary N) is 1. The molecule has 32 heavy (non-hydrogen) atoms. The number of hydrogen-bond donors (Lipinski definition) is 3. The number of imide groups is 1. The molecule has 1 fully saturated rings. The molecule has 4 N–H and O–H groups in total. The SMILES string of the molecule is Cc1cccc(C)c1N1C(=O)C(=O)[C@H](c2nc3ccccc3s2)/C(=N/NC(=O)NN)C1=O. The van der Waals surface area contributed by atoms with Gasteiger partial charge in [-0.1, -0.05) is 30.3 Å². The van der Waals surface area contributed by atoms with Gasteiger partial charge in [-0.3, -0.25) is 19.8 Å². The van der Waals surface area contributed by atoms with Crippen molar-refractivity contribution in [3.63, 3.8) is 0 Å². The molecule has 0 spiro atoms. The Morgan fingerprint density at radius 1 is 1.06 bits per heavy atom. The summed E-state index contributed by atoms with van der Waals surface area (Å²) in [6.07, 6.45) is 0. The average molecular weight is 450 g/mol. The van der Waals surface area contributed by atoms with E-state index in [9.17, 15) is 19.2 Å². The Morgan fingerprint density at radius 2 is 1.75 bits per heavy atom. The molecule has 2 heterocycles. The second-order valence-corrected chi connectivity index (χ2v) is 8.15. The molecule has 0 unspecified atom stereocenters. The number of Topliss-reactive ketones (excluding diaryl/α,β-unsaturated/α-hetero) is 1. The highest BCUT2D eigenvalue weighted by molar-refractivity contribution is 7.19. The van der Waals surface area contributed by atoms with Crippen molar-refractivity contribution in [3.8, 4) is 0 Å². The maximum Gasteiger partial charge on any atom is 0.349 e. The lowest BCUT2D eigenvalue weighted by molar-refractivity contribution is -0.139. The van der Waals surface area contributed by atoms with Crippen LogP contribution in [0.1, 0.15) is 22.1 Å². The summed E-state index contributed by atoms with van der Waals surface area (Å²) in [5.74, 6) is 1.03. The standard InChI is InChI=1S/C21H18N6O4S/c1-10-6-5-7-11(2)16(10)27-19(29)15(25-26-21(31)24-22)14(17(28)20(27)30)18-23-12-8-3-4-9-13(12)32-18/h3-9,14H,22H2,1-2H3,(H2,24,26,31)/b25-15-/t14-/m1/s1. The van der Waals surface area contributed by atoms with Crippen molar-refractivity contribution in [2.45, 2.75) is 19.8 Å². The van der Waals surface area contributed by atoms with Crippen molar-refractivity contribution >= 4 is 56.6 Å². The fourth-order valence-electron chi connectivity index (χ4n) is 3.55. The average Bonchev–Trinajstić information content (AvgIpc) is 3.20. The number of ketones is 1. The number of fused-ring (bicyclic) bond motifs is 1. The number of urea groups is 1. The lowest BCUT2D eigenvalue weighted by Crippen LogP contribution is -2.56. The summed E-state index contributed by atoms with van der Waals surface area (Å²) in [6.45, 7) is 3.45. The van der Waals surface area contributed by atoms with Gasteiger partial charge in [0.1, 0.15) is 16.6 Å². The summed E-state index contributed by atoms with van der Waals surface area (Å²) < 4.78 is 0.777. The molecule has 1 saturated heterocycles. The van der Waals surface area contributed by atoms with E-state index in [1.54, 1.807) is 44.2 Å². The Hall–Kier alpha value is -3.96. The van der Waals surface area contributed by atoms with Crippen LogP contribution in [-0.4, -0.2) is 34.3 Å². The number of nitrogens with zero attached hydrogens (tertiary/aromatic N) is 3. The number of benzene rings is 2. The van der Waals surface area contributed by atoms with Crippen molar-refractivity contribution in [2.24, 2.45) is 10.9 Å². The Kier molecular flexibility index (Phi) is 5.51. The first-order chi connectivity index (χ1) is 15.3. The third kappa shape index (κ3) is 3.53. The number of carbonyl (C=O) groups is 4. The number of thiazole rings is 1. The topological polar surface area (TPSA) is 147 Å². The van der Waals surface area contributed by atoms with E-state index in [-0.39, 0.29) is 10.7 Å². The highest BCUT2D eigenvalue weighted by Gasteiger charge is 2.49. The Balaban J connectivity index is 1.87. The first kappa shape index (κ1) is 21.3. The molecule has 0 bridgehead atoms. The van der Waals surface area contributed by atoms with E-state index < -0.39 is 29.5 Å². The maximum absolute atomic E-state index is 13.5. The summed E-state index contributed by atoms with van der Waals surface area (Å²) in [6, 6.07) is 11.5. The molecule has 162 valence electrons. The minimum absolute atomic E-state index is 0.229. The van der Waals surface area contributed by atoms with Gasteiger partial charge in [0, 0.05) is 0 Å². The Labute approximate surface area is 186 Å². The lowest BCUT2D eigenvalue weighted by Gasteiger charge is -2.30. The first-order valence-corrected chi connectivity index (χ1v) is 10.3. The third-order valence-electron chi connectivity index (χ3n) is 5.00. The van der Waals surface area contributed by atoms with Crippen LogP contribution in [0.15, 0.2) is 47.6 Å². The fraction of sp³-hybridized carbons (Fsp3) is 0.143. The molecule has 0 radical (unpaired) electrons. The van der Waals surface area contributed by atoms with Gasteiger partial charge in [-0.15, -0.1) is 11.3 Å². The minimum atomic E-state index is -1.36. The van der Waals surface area contributed by atoms with Crippen LogP contribution in [0, 0.1) is 13.8 Å². The number of piperidine rings is 1. The Bertz CT molecular complexity index is 1260. The molecule has 1 aliphatic rings. The number of hydrazine groups is 1. The molecule has 0 aliphatic carbocycles. The smallest absolute Gasteiger partial charge is 0.287 e. The number of nitrogens with one attached hydrogen (secondary N) is 2. The second-order valence-electron chi connectivity index (χ2n) is 7.09. The molecule has 10 nitrogen and oxygen atoms in total. The lowest BCUT2D eigenvalue weighted by atomic mass is 9.91. The zero-order valence-corrected chi connectivity index (χ0v) is 17.9. The van der Waals surface area contributed by atoms with Crippen LogP contribution in [0.3, 0.4) is 0 Å². The molecule has 11 heteroatoms. The quantitative estimate of drug-likeness (QED) is 0.182.